The van der Waals surface area contributed by atoms with Gasteiger partial charge in [0.05, 0.1) is 12.2 Å². The highest BCUT2D eigenvalue weighted by atomic mass is 16.5. The second-order valence-electron chi connectivity index (χ2n) is 3.68. The van der Waals surface area contributed by atoms with E-state index in [4.69, 9.17) is 15.3 Å². The van der Waals surface area contributed by atoms with E-state index < -0.39 is 5.97 Å². The number of hydrogen-bond donors (Lipinski definition) is 1. The summed E-state index contributed by atoms with van der Waals surface area (Å²) in [6.07, 6.45) is 1.29. The number of anilines is 1. The lowest BCUT2D eigenvalue weighted by Crippen LogP contribution is -2.07. The number of aryl methyl sites for hydroxylation is 1. The number of nitriles is 2. The number of nitrogens with zero attached hydrogens (tertiary/aromatic N) is 2. The number of carbonyl (C=O) groups excluding carboxylic acids is 1. The first-order valence-corrected chi connectivity index (χ1v) is 5.67. The third-order valence-electron chi connectivity index (χ3n) is 2.36. The van der Waals surface area contributed by atoms with E-state index in [1.807, 2.05) is 6.92 Å². The van der Waals surface area contributed by atoms with E-state index in [1.54, 1.807) is 37.3 Å². The molecule has 0 aliphatic carbocycles. The van der Waals surface area contributed by atoms with Gasteiger partial charge in [-0.15, -0.1) is 0 Å². The molecule has 5 nitrogen and oxygen atoms in total. The van der Waals surface area contributed by atoms with Crippen LogP contribution in [0.5, 0.6) is 0 Å². The molecule has 0 saturated carbocycles. The maximum atomic E-state index is 11.7. The van der Waals surface area contributed by atoms with Crippen LogP contribution in [-0.2, 0) is 4.74 Å². The molecular formula is C14H13N3O2. The lowest BCUT2D eigenvalue weighted by Gasteiger charge is -2.08. The van der Waals surface area contributed by atoms with Crippen molar-refractivity contribution in [2.45, 2.75) is 13.8 Å². The van der Waals surface area contributed by atoms with E-state index in [0.717, 1.165) is 5.56 Å². The fraction of sp³-hybridized carbons (Fsp3) is 0.214. The number of carbonyl (C=O) groups is 1. The molecule has 0 amide bonds. The number of ether oxygens (including phenoxy) is 1. The van der Waals surface area contributed by atoms with Crippen molar-refractivity contribution >= 4 is 11.7 Å². The van der Waals surface area contributed by atoms with Gasteiger partial charge in [-0.2, -0.15) is 10.5 Å². The molecule has 0 radical (unpaired) electrons. The zero-order chi connectivity index (χ0) is 14.3. The molecule has 0 saturated heterocycles. The molecule has 1 aromatic rings. The summed E-state index contributed by atoms with van der Waals surface area (Å²) in [5.41, 5.74) is 1.82. The zero-order valence-electron chi connectivity index (χ0n) is 10.7. The van der Waals surface area contributed by atoms with E-state index in [2.05, 4.69) is 5.32 Å². The molecule has 0 unspecified atom stereocenters. The Morgan fingerprint density at radius 2 is 2.11 bits per heavy atom. The molecule has 1 N–H and O–H groups in total. The van der Waals surface area contributed by atoms with E-state index >= 15 is 0 Å². The smallest absolute Gasteiger partial charge is 0.338 e. The minimum Gasteiger partial charge on any atom is -0.462 e. The third-order valence-corrected chi connectivity index (χ3v) is 2.36. The van der Waals surface area contributed by atoms with Gasteiger partial charge < -0.3 is 10.1 Å². The highest BCUT2D eigenvalue weighted by Crippen LogP contribution is 2.16. The van der Waals surface area contributed by atoms with Crippen molar-refractivity contribution in [3.63, 3.8) is 0 Å². The van der Waals surface area contributed by atoms with Gasteiger partial charge in [-0.3, -0.25) is 0 Å². The first kappa shape index (κ1) is 14.3. The monoisotopic (exact) mass is 255 g/mol. The summed E-state index contributed by atoms with van der Waals surface area (Å²) in [6.45, 7) is 3.86. The van der Waals surface area contributed by atoms with Crippen LogP contribution < -0.4 is 5.32 Å². The molecule has 0 bridgehead atoms. The van der Waals surface area contributed by atoms with Gasteiger partial charge in [0.25, 0.3) is 0 Å². The summed E-state index contributed by atoms with van der Waals surface area (Å²) >= 11 is 0. The van der Waals surface area contributed by atoms with E-state index in [1.165, 1.54) is 6.20 Å². The summed E-state index contributed by atoms with van der Waals surface area (Å²) in [6, 6.07) is 8.61. The third kappa shape index (κ3) is 3.86. The van der Waals surface area contributed by atoms with Gasteiger partial charge >= 0.3 is 5.97 Å². The van der Waals surface area contributed by atoms with Crippen molar-refractivity contribution in [1.29, 1.82) is 10.5 Å². The first-order chi connectivity index (χ1) is 9.12. The summed E-state index contributed by atoms with van der Waals surface area (Å²) in [7, 11) is 0. The van der Waals surface area contributed by atoms with E-state index in [-0.39, 0.29) is 5.57 Å². The van der Waals surface area contributed by atoms with Crippen LogP contribution >= 0.6 is 0 Å². The van der Waals surface area contributed by atoms with E-state index in [9.17, 15) is 4.79 Å². The van der Waals surface area contributed by atoms with Gasteiger partial charge in [0.2, 0.25) is 0 Å². The first-order valence-electron chi connectivity index (χ1n) is 5.67. The van der Waals surface area contributed by atoms with Gasteiger partial charge in [0, 0.05) is 11.9 Å². The quantitative estimate of drug-likeness (QED) is 0.660. The molecule has 0 heterocycles. The van der Waals surface area contributed by atoms with Gasteiger partial charge in [-0.1, -0.05) is 6.07 Å². The lowest BCUT2D eigenvalue weighted by molar-refractivity contribution is 0.0525. The van der Waals surface area contributed by atoms with Crippen molar-refractivity contribution < 1.29 is 9.53 Å². The molecule has 0 aromatic heterocycles. The van der Waals surface area contributed by atoms with Crippen LogP contribution in [0.2, 0.25) is 0 Å². The van der Waals surface area contributed by atoms with Crippen LogP contribution in [0.4, 0.5) is 5.69 Å². The van der Waals surface area contributed by atoms with Crippen LogP contribution in [-0.4, -0.2) is 12.6 Å². The van der Waals surface area contributed by atoms with Crippen molar-refractivity contribution in [2.75, 3.05) is 11.9 Å². The van der Waals surface area contributed by atoms with Gasteiger partial charge in [0.1, 0.15) is 17.7 Å². The summed E-state index contributed by atoms with van der Waals surface area (Å²) in [5.74, 6) is -0.395. The van der Waals surface area contributed by atoms with Crippen molar-refractivity contribution in [2.24, 2.45) is 0 Å². The Kier molecular flexibility index (Phi) is 5.13. The molecule has 0 aliphatic rings. The Bertz CT molecular complexity index is 576. The maximum Gasteiger partial charge on any atom is 0.338 e. The summed E-state index contributed by atoms with van der Waals surface area (Å²) in [5, 5.41) is 20.0. The Morgan fingerprint density at radius 1 is 1.42 bits per heavy atom. The van der Waals surface area contributed by atoms with Crippen LogP contribution in [0.1, 0.15) is 22.8 Å². The Morgan fingerprint density at radius 3 is 2.68 bits per heavy atom. The molecule has 0 atom stereocenters. The number of allylic oxidation sites excluding steroid dienone is 1. The number of benzene rings is 1. The van der Waals surface area contributed by atoms with Crippen LogP contribution in [0, 0.1) is 29.6 Å². The molecule has 5 heteroatoms. The molecule has 1 aromatic carbocycles. The second kappa shape index (κ2) is 6.83. The van der Waals surface area contributed by atoms with Crippen LogP contribution in [0.15, 0.2) is 30.0 Å². The number of rotatable bonds is 4. The number of esters is 1. The normalized spacial score (nSPS) is 8.84. The van der Waals surface area contributed by atoms with Gasteiger partial charge in [0.15, 0.2) is 0 Å². The topological polar surface area (TPSA) is 85.9 Å². The largest absolute Gasteiger partial charge is 0.462 e. The fourth-order valence-electron chi connectivity index (χ4n) is 1.39. The highest BCUT2D eigenvalue weighted by Gasteiger charge is 2.10. The summed E-state index contributed by atoms with van der Waals surface area (Å²) < 4.78 is 4.94. The Hall–Kier alpha value is -2.79. The lowest BCUT2D eigenvalue weighted by atomic mass is 10.1. The van der Waals surface area contributed by atoms with E-state index in [0.29, 0.717) is 17.9 Å². The zero-order valence-corrected chi connectivity index (χ0v) is 10.7. The summed E-state index contributed by atoms with van der Waals surface area (Å²) in [4.78, 5) is 11.7. The molecule has 0 spiro atoms. The standard InChI is InChI=1S/C14H13N3O2/c1-3-19-14(18)13-6-12(5-4-10(13)2)17-9-11(7-15)8-16/h4-6,9,17H,3H2,1-2H3. The maximum absolute atomic E-state index is 11.7. The number of hydrogen-bond acceptors (Lipinski definition) is 5. The SMILES string of the molecule is CCOC(=O)c1cc(NC=C(C#N)C#N)ccc1C. The Balaban J connectivity index is 2.98. The average Bonchev–Trinajstić information content (AvgIpc) is 2.41. The molecule has 19 heavy (non-hydrogen) atoms. The van der Waals surface area contributed by atoms with Crippen molar-refractivity contribution in [3.8, 4) is 12.1 Å². The molecule has 1 rings (SSSR count). The predicted molar refractivity (Wildman–Crippen MR) is 70.1 cm³/mol. The second-order valence-corrected chi connectivity index (χ2v) is 3.68. The molecule has 96 valence electrons. The molecule has 0 aliphatic heterocycles. The van der Waals surface area contributed by atoms with Gasteiger partial charge in [-0.05, 0) is 31.5 Å². The number of nitrogens with one attached hydrogen (secondary N) is 1. The van der Waals surface area contributed by atoms with Crippen LogP contribution in [0.25, 0.3) is 0 Å². The minimum atomic E-state index is -0.395. The highest BCUT2D eigenvalue weighted by molar-refractivity contribution is 5.92. The van der Waals surface area contributed by atoms with Crippen molar-refractivity contribution in [1.82, 2.24) is 0 Å². The Labute approximate surface area is 111 Å². The fourth-order valence-corrected chi connectivity index (χ4v) is 1.39. The molecule has 0 fully saturated rings. The minimum absolute atomic E-state index is 0.0433. The molecular weight excluding hydrogens is 242 g/mol. The average molecular weight is 255 g/mol. The predicted octanol–water partition coefficient (Wildman–Crippen LogP) is 2.51. The van der Waals surface area contributed by atoms with Crippen LogP contribution in [0.3, 0.4) is 0 Å². The van der Waals surface area contributed by atoms with Gasteiger partial charge in [-0.25, -0.2) is 4.79 Å². The van der Waals surface area contributed by atoms with Crippen molar-refractivity contribution in [3.05, 3.63) is 41.1 Å².